The number of thiophene rings is 1. The van der Waals surface area contributed by atoms with Crippen LogP contribution in [-0.4, -0.2) is 15.0 Å². The second-order valence-corrected chi connectivity index (χ2v) is 6.22. The zero-order valence-electron chi connectivity index (χ0n) is 12.3. The topological polar surface area (TPSA) is 64.7 Å². The lowest BCUT2D eigenvalue weighted by Crippen LogP contribution is -1.97. The third kappa shape index (κ3) is 2.60. The predicted molar refractivity (Wildman–Crippen MR) is 94.0 cm³/mol. The summed E-state index contributed by atoms with van der Waals surface area (Å²) in [6.45, 7) is 0.490. The zero-order valence-corrected chi connectivity index (χ0v) is 13.1. The molecule has 0 aliphatic carbocycles. The Balaban J connectivity index is 1.89. The van der Waals surface area contributed by atoms with Crippen LogP contribution in [0.15, 0.2) is 61.1 Å². The molecule has 2 N–H and O–H groups in total. The highest BCUT2D eigenvalue weighted by Crippen LogP contribution is 2.36. The van der Waals surface area contributed by atoms with E-state index in [1.807, 2.05) is 30.3 Å². The van der Waals surface area contributed by atoms with Gasteiger partial charge in [0, 0.05) is 17.6 Å². The highest BCUT2D eigenvalue weighted by Gasteiger charge is 2.12. The van der Waals surface area contributed by atoms with Crippen LogP contribution >= 0.6 is 11.3 Å². The fourth-order valence-electron chi connectivity index (χ4n) is 2.51. The highest BCUT2D eigenvalue weighted by molar-refractivity contribution is 7.22. The van der Waals surface area contributed by atoms with Gasteiger partial charge < -0.3 is 5.73 Å². The predicted octanol–water partition coefficient (Wildman–Crippen LogP) is 3.88. The summed E-state index contributed by atoms with van der Waals surface area (Å²) >= 11 is 1.69. The van der Waals surface area contributed by atoms with Crippen molar-refractivity contribution < 1.29 is 0 Å². The Labute approximate surface area is 137 Å². The first kappa shape index (κ1) is 14.0. The molecule has 0 radical (unpaired) electrons. The molecule has 0 spiro atoms. The Morgan fingerprint density at radius 3 is 2.65 bits per heavy atom. The van der Waals surface area contributed by atoms with Gasteiger partial charge in [0.2, 0.25) is 0 Å². The molecule has 0 aliphatic heterocycles. The Morgan fingerprint density at radius 2 is 1.83 bits per heavy atom. The number of hydrogen-bond donors (Lipinski definition) is 1. The van der Waals surface area contributed by atoms with Crippen LogP contribution in [0.5, 0.6) is 0 Å². The van der Waals surface area contributed by atoms with Crippen molar-refractivity contribution in [3.8, 4) is 21.8 Å². The number of fused-ring (bicyclic) bond motifs is 1. The standard InChI is InChI=1S/C18H14N4S/c19-10-12-6-7-20-14(8-12)17-18-15(21-11-22-17)9-16(23-18)13-4-2-1-3-5-13/h1-9,11H,10,19H2. The number of benzene rings is 1. The van der Waals surface area contributed by atoms with Crippen LogP contribution in [0.1, 0.15) is 5.56 Å². The molecule has 3 heterocycles. The molecule has 1 aromatic carbocycles. The minimum absolute atomic E-state index is 0.490. The third-order valence-corrected chi connectivity index (χ3v) is 4.85. The lowest BCUT2D eigenvalue weighted by atomic mass is 10.1. The molecule has 0 atom stereocenters. The summed E-state index contributed by atoms with van der Waals surface area (Å²) in [7, 11) is 0. The number of nitrogens with two attached hydrogens (primary N) is 1. The van der Waals surface area contributed by atoms with Crippen LogP contribution in [0.4, 0.5) is 0 Å². The Morgan fingerprint density at radius 1 is 0.957 bits per heavy atom. The maximum atomic E-state index is 5.73. The van der Waals surface area contributed by atoms with Crippen LogP contribution in [0.2, 0.25) is 0 Å². The van der Waals surface area contributed by atoms with E-state index in [1.165, 1.54) is 10.4 Å². The van der Waals surface area contributed by atoms with Crippen LogP contribution in [0, 0.1) is 0 Å². The van der Waals surface area contributed by atoms with Crippen LogP contribution in [0.25, 0.3) is 32.0 Å². The maximum Gasteiger partial charge on any atom is 0.116 e. The summed E-state index contributed by atoms with van der Waals surface area (Å²) in [5.41, 5.74) is 10.6. The molecular formula is C18H14N4S. The van der Waals surface area contributed by atoms with Gasteiger partial charge in [0.1, 0.15) is 12.0 Å². The number of hydrogen-bond acceptors (Lipinski definition) is 5. The van der Waals surface area contributed by atoms with Crippen LogP contribution in [-0.2, 0) is 6.54 Å². The van der Waals surface area contributed by atoms with E-state index >= 15 is 0 Å². The molecule has 0 saturated carbocycles. The summed E-state index contributed by atoms with van der Waals surface area (Å²) in [5.74, 6) is 0. The molecule has 0 unspecified atom stereocenters. The Bertz CT molecular complexity index is 963. The molecule has 0 amide bonds. The monoisotopic (exact) mass is 318 g/mol. The largest absolute Gasteiger partial charge is 0.326 e. The lowest BCUT2D eigenvalue weighted by Gasteiger charge is -2.03. The van der Waals surface area contributed by atoms with E-state index in [-0.39, 0.29) is 0 Å². The molecule has 5 heteroatoms. The first-order chi connectivity index (χ1) is 11.3. The van der Waals surface area contributed by atoms with Crippen molar-refractivity contribution in [1.29, 1.82) is 0 Å². The van der Waals surface area contributed by atoms with Gasteiger partial charge in [0.25, 0.3) is 0 Å². The minimum Gasteiger partial charge on any atom is -0.326 e. The molecule has 112 valence electrons. The normalized spacial score (nSPS) is 11.0. The van der Waals surface area contributed by atoms with E-state index in [2.05, 4.69) is 33.2 Å². The summed E-state index contributed by atoms with van der Waals surface area (Å²) in [6, 6.07) is 16.3. The van der Waals surface area contributed by atoms with Crippen molar-refractivity contribution in [2.45, 2.75) is 6.54 Å². The maximum absolute atomic E-state index is 5.73. The number of aromatic nitrogens is 3. The van der Waals surface area contributed by atoms with Crippen molar-refractivity contribution in [2.24, 2.45) is 5.73 Å². The second kappa shape index (κ2) is 5.87. The summed E-state index contributed by atoms with van der Waals surface area (Å²) in [4.78, 5) is 14.5. The fourth-order valence-corrected chi connectivity index (χ4v) is 3.63. The molecule has 3 aromatic heterocycles. The number of rotatable bonds is 3. The van der Waals surface area contributed by atoms with E-state index in [4.69, 9.17) is 5.73 Å². The molecule has 0 saturated heterocycles. The first-order valence-corrected chi connectivity index (χ1v) is 8.12. The molecule has 0 bridgehead atoms. The van der Waals surface area contributed by atoms with Gasteiger partial charge in [-0.2, -0.15) is 0 Å². The van der Waals surface area contributed by atoms with Crippen molar-refractivity contribution in [2.75, 3.05) is 0 Å². The van der Waals surface area contributed by atoms with Gasteiger partial charge in [-0.1, -0.05) is 30.3 Å². The summed E-state index contributed by atoms with van der Waals surface area (Å²) < 4.78 is 1.05. The number of nitrogens with zero attached hydrogens (tertiary/aromatic N) is 3. The molecule has 0 aliphatic rings. The summed E-state index contributed by atoms with van der Waals surface area (Å²) in [5, 5.41) is 0. The molecule has 0 fully saturated rings. The molecule has 4 aromatic rings. The van der Waals surface area contributed by atoms with Gasteiger partial charge in [-0.3, -0.25) is 4.98 Å². The molecule has 23 heavy (non-hydrogen) atoms. The fraction of sp³-hybridized carbons (Fsp3) is 0.0556. The quantitative estimate of drug-likeness (QED) is 0.622. The van der Waals surface area contributed by atoms with Gasteiger partial charge in [-0.25, -0.2) is 9.97 Å². The van der Waals surface area contributed by atoms with Crippen molar-refractivity contribution in [3.63, 3.8) is 0 Å². The van der Waals surface area contributed by atoms with Gasteiger partial charge >= 0.3 is 0 Å². The minimum atomic E-state index is 0.490. The van der Waals surface area contributed by atoms with Crippen LogP contribution < -0.4 is 5.73 Å². The second-order valence-electron chi connectivity index (χ2n) is 5.17. The zero-order chi connectivity index (χ0) is 15.6. The molecule has 4 nitrogen and oxygen atoms in total. The van der Waals surface area contributed by atoms with Crippen molar-refractivity contribution in [1.82, 2.24) is 15.0 Å². The lowest BCUT2D eigenvalue weighted by molar-refractivity contribution is 1.06. The Kier molecular flexibility index (Phi) is 3.57. The highest BCUT2D eigenvalue weighted by atomic mass is 32.1. The van der Waals surface area contributed by atoms with Gasteiger partial charge in [-0.05, 0) is 29.3 Å². The average Bonchev–Trinajstić information content (AvgIpc) is 3.07. The van der Waals surface area contributed by atoms with E-state index in [0.717, 1.165) is 27.2 Å². The summed E-state index contributed by atoms with van der Waals surface area (Å²) in [6.07, 6.45) is 3.37. The van der Waals surface area contributed by atoms with Crippen molar-refractivity contribution >= 4 is 21.6 Å². The average molecular weight is 318 g/mol. The Hall–Kier alpha value is -2.63. The van der Waals surface area contributed by atoms with Crippen molar-refractivity contribution in [3.05, 3.63) is 66.6 Å². The van der Waals surface area contributed by atoms with E-state index in [1.54, 1.807) is 23.9 Å². The smallest absolute Gasteiger partial charge is 0.116 e. The number of pyridine rings is 1. The van der Waals surface area contributed by atoms with Crippen LogP contribution in [0.3, 0.4) is 0 Å². The molecule has 4 rings (SSSR count). The third-order valence-electron chi connectivity index (χ3n) is 3.67. The first-order valence-electron chi connectivity index (χ1n) is 7.30. The molecular weight excluding hydrogens is 304 g/mol. The SMILES string of the molecule is NCc1ccnc(-c2ncnc3cc(-c4ccccc4)sc23)c1. The van der Waals surface area contributed by atoms with E-state index in [0.29, 0.717) is 6.54 Å². The van der Waals surface area contributed by atoms with Gasteiger partial charge in [0.15, 0.2) is 0 Å². The van der Waals surface area contributed by atoms with Gasteiger partial charge in [-0.15, -0.1) is 11.3 Å². The van der Waals surface area contributed by atoms with E-state index < -0.39 is 0 Å². The van der Waals surface area contributed by atoms with E-state index in [9.17, 15) is 0 Å². The van der Waals surface area contributed by atoms with Gasteiger partial charge in [0.05, 0.1) is 15.9 Å².